The van der Waals surface area contributed by atoms with Crippen molar-refractivity contribution in [2.45, 2.75) is 25.8 Å². The van der Waals surface area contributed by atoms with Gasteiger partial charge in [-0.15, -0.1) is 0 Å². The maximum Gasteiger partial charge on any atom is 0.326 e. The van der Waals surface area contributed by atoms with Crippen LogP contribution in [0.5, 0.6) is 0 Å². The van der Waals surface area contributed by atoms with Gasteiger partial charge in [-0.1, -0.05) is 42.1 Å². The Hall–Kier alpha value is -1.82. The number of nitrogens with zero attached hydrogens (tertiary/aromatic N) is 1. The molecule has 0 spiro atoms. The van der Waals surface area contributed by atoms with Gasteiger partial charge in [0, 0.05) is 32.1 Å². The van der Waals surface area contributed by atoms with E-state index in [0.29, 0.717) is 25.1 Å². The van der Waals surface area contributed by atoms with E-state index in [1.165, 1.54) is 23.6 Å². The second-order valence-corrected chi connectivity index (χ2v) is 6.66. The Balaban J connectivity index is 2.04. The summed E-state index contributed by atoms with van der Waals surface area (Å²) in [5.41, 5.74) is 0.893. The molecule has 1 fully saturated rings. The zero-order chi connectivity index (χ0) is 16.1. The van der Waals surface area contributed by atoms with E-state index in [2.05, 4.69) is 0 Å². The van der Waals surface area contributed by atoms with Crippen molar-refractivity contribution < 1.29 is 19.5 Å². The van der Waals surface area contributed by atoms with Crippen LogP contribution in [0.1, 0.15) is 18.9 Å². The van der Waals surface area contributed by atoms with Crippen molar-refractivity contribution in [2.24, 2.45) is 5.92 Å². The molecule has 0 bridgehead atoms. The lowest BCUT2D eigenvalue weighted by Gasteiger charge is -2.24. The standard InChI is InChI=1S/C16H19NO4S/c1-11(18)22-10-13-8-15(19)17(9-13)14(16(20)21)7-12-5-3-2-4-6-12/h2-6,13-14H,7-10H2,1H3,(H,20,21). The fraction of sp³-hybridized carbons (Fsp3) is 0.438. The van der Waals surface area contributed by atoms with Gasteiger partial charge >= 0.3 is 5.97 Å². The predicted molar refractivity (Wildman–Crippen MR) is 84.5 cm³/mol. The highest BCUT2D eigenvalue weighted by molar-refractivity contribution is 8.13. The van der Waals surface area contributed by atoms with E-state index >= 15 is 0 Å². The van der Waals surface area contributed by atoms with Crippen LogP contribution in [0.3, 0.4) is 0 Å². The number of benzene rings is 1. The molecule has 1 aliphatic heterocycles. The van der Waals surface area contributed by atoms with Crippen molar-refractivity contribution in [3.05, 3.63) is 35.9 Å². The third kappa shape index (κ3) is 4.34. The molecule has 1 N–H and O–H groups in total. The molecule has 1 amide bonds. The minimum atomic E-state index is -0.989. The number of hydrogen-bond acceptors (Lipinski definition) is 4. The van der Waals surface area contributed by atoms with Crippen molar-refractivity contribution in [3.8, 4) is 0 Å². The van der Waals surface area contributed by atoms with E-state index in [-0.39, 0.29) is 16.9 Å². The molecular weight excluding hydrogens is 302 g/mol. The fourth-order valence-corrected chi connectivity index (χ4v) is 3.32. The molecule has 22 heavy (non-hydrogen) atoms. The third-order valence-electron chi connectivity index (χ3n) is 3.69. The van der Waals surface area contributed by atoms with Gasteiger partial charge in [-0.25, -0.2) is 4.79 Å². The predicted octanol–water partition coefficient (Wildman–Crippen LogP) is 1.81. The Bertz CT molecular complexity index is 561. The van der Waals surface area contributed by atoms with Crippen molar-refractivity contribution >= 4 is 28.8 Å². The van der Waals surface area contributed by atoms with E-state index < -0.39 is 12.0 Å². The maximum atomic E-state index is 12.1. The van der Waals surface area contributed by atoms with Crippen LogP contribution in [0.4, 0.5) is 0 Å². The molecule has 1 aromatic rings. The Morgan fingerprint density at radius 3 is 2.64 bits per heavy atom. The molecule has 1 aromatic carbocycles. The van der Waals surface area contributed by atoms with Crippen LogP contribution in [-0.2, 0) is 20.8 Å². The molecule has 118 valence electrons. The van der Waals surface area contributed by atoms with Crippen molar-refractivity contribution in [2.75, 3.05) is 12.3 Å². The number of carbonyl (C=O) groups is 3. The lowest BCUT2D eigenvalue weighted by Crippen LogP contribution is -2.43. The number of likely N-dealkylation sites (tertiary alicyclic amines) is 1. The highest BCUT2D eigenvalue weighted by atomic mass is 32.2. The lowest BCUT2D eigenvalue weighted by molar-refractivity contribution is -0.148. The molecule has 1 saturated heterocycles. The second-order valence-electron chi connectivity index (χ2n) is 5.46. The van der Waals surface area contributed by atoms with Gasteiger partial charge in [0.25, 0.3) is 0 Å². The first kappa shape index (κ1) is 16.5. The first-order chi connectivity index (χ1) is 10.5. The van der Waals surface area contributed by atoms with E-state index in [1.807, 2.05) is 30.3 Å². The maximum absolute atomic E-state index is 12.1. The number of carboxylic acid groups (broad SMARTS) is 1. The van der Waals surface area contributed by atoms with Crippen molar-refractivity contribution in [3.63, 3.8) is 0 Å². The normalized spacial score (nSPS) is 19.2. The van der Waals surface area contributed by atoms with Crippen molar-refractivity contribution in [1.29, 1.82) is 0 Å². The van der Waals surface area contributed by atoms with E-state index in [0.717, 1.165) is 5.56 Å². The zero-order valence-electron chi connectivity index (χ0n) is 12.4. The zero-order valence-corrected chi connectivity index (χ0v) is 13.2. The first-order valence-corrected chi connectivity index (χ1v) is 8.15. The average molecular weight is 321 g/mol. The molecule has 0 radical (unpaired) electrons. The summed E-state index contributed by atoms with van der Waals surface area (Å²) in [5.74, 6) is -0.525. The van der Waals surface area contributed by atoms with Crippen molar-refractivity contribution in [1.82, 2.24) is 4.90 Å². The highest BCUT2D eigenvalue weighted by Crippen LogP contribution is 2.25. The molecule has 2 atom stereocenters. The SMILES string of the molecule is CC(=O)SCC1CC(=O)N(C(Cc2ccccc2)C(=O)O)C1. The Kier molecular flexibility index (Phi) is 5.60. The van der Waals surface area contributed by atoms with Gasteiger partial charge in [0.1, 0.15) is 6.04 Å². The van der Waals surface area contributed by atoms with Crippen LogP contribution in [0.25, 0.3) is 0 Å². The smallest absolute Gasteiger partial charge is 0.326 e. The van der Waals surface area contributed by atoms with Crippen LogP contribution < -0.4 is 0 Å². The summed E-state index contributed by atoms with van der Waals surface area (Å²) in [4.78, 5) is 36.2. The molecule has 2 unspecified atom stereocenters. The van der Waals surface area contributed by atoms with Gasteiger partial charge in [0.15, 0.2) is 5.12 Å². The van der Waals surface area contributed by atoms with Crippen LogP contribution >= 0.6 is 11.8 Å². The lowest BCUT2D eigenvalue weighted by atomic mass is 10.0. The molecule has 6 heteroatoms. The van der Waals surface area contributed by atoms with Gasteiger partial charge < -0.3 is 10.0 Å². The molecule has 0 saturated carbocycles. The number of amides is 1. The van der Waals surface area contributed by atoms with Gasteiger partial charge in [0.05, 0.1) is 0 Å². The van der Waals surface area contributed by atoms with Gasteiger partial charge in [-0.3, -0.25) is 9.59 Å². The first-order valence-electron chi connectivity index (χ1n) is 7.17. The quantitative estimate of drug-likeness (QED) is 0.865. The summed E-state index contributed by atoms with van der Waals surface area (Å²) in [6.07, 6.45) is 0.618. The minimum absolute atomic E-state index is 0.0185. The Morgan fingerprint density at radius 2 is 2.05 bits per heavy atom. The third-order valence-corrected chi connectivity index (χ3v) is 4.74. The van der Waals surface area contributed by atoms with Crippen LogP contribution in [0.15, 0.2) is 30.3 Å². The number of carbonyl (C=O) groups excluding carboxylic acids is 2. The van der Waals surface area contributed by atoms with E-state index in [4.69, 9.17) is 0 Å². The Morgan fingerprint density at radius 1 is 1.36 bits per heavy atom. The molecule has 0 aliphatic carbocycles. The second kappa shape index (κ2) is 7.45. The number of carboxylic acids is 1. The highest BCUT2D eigenvalue weighted by Gasteiger charge is 2.37. The summed E-state index contributed by atoms with van der Waals surface area (Å²) < 4.78 is 0. The molecule has 1 aliphatic rings. The van der Waals surface area contributed by atoms with E-state index in [9.17, 15) is 19.5 Å². The number of aliphatic carboxylic acids is 1. The summed E-state index contributed by atoms with van der Waals surface area (Å²) in [6, 6.07) is 8.45. The van der Waals surface area contributed by atoms with Gasteiger partial charge in [0.2, 0.25) is 5.91 Å². The average Bonchev–Trinajstić information content (AvgIpc) is 2.84. The number of thioether (sulfide) groups is 1. The largest absolute Gasteiger partial charge is 0.480 e. The number of rotatable bonds is 6. The van der Waals surface area contributed by atoms with Crippen LogP contribution in [0.2, 0.25) is 0 Å². The summed E-state index contributed by atoms with van der Waals surface area (Å²) in [7, 11) is 0. The monoisotopic (exact) mass is 321 g/mol. The molecule has 0 aromatic heterocycles. The summed E-state index contributed by atoms with van der Waals surface area (Å²) in [5, 5.41) is 9.48. The molecule has 1 heterocycles. The summed E-state index contributed by atoms with van der Waals surface area (Å²) in [6.45, 7) is 1.90. The fourth-order valence-electron chi connectivity index (χ4n) is 2.62. The minimum Gasteiger partial charge on any atom is -0.480 e. The van der Waals surface area contributed by atoms with Gasteiger partial charge in [-0.05, 0) is 11.5 Å². The topological polar surface area (TPSA) is 74.7 Å². The summed E-state index contributed by atoms with van der Waals surface area (Å²) >= 11 is 1.19. The number of hydrogen-bond donors (Lipinski definition) is 1. The van der Waals surface area contributed by atoms with Gasteiger partial charge in [-0.2, -0.15) is 0 Å². The van der Waals surface area contributed by atoms with Crippen LogP contribution in [0, 0.1) is 5.92 Å². The Labute approximate surface area is 133 Å². The molecule has 5 nitrogen and oxygen atoms in total. The molecule has 2 rings (SSSR count). The van der Waals surface area contributed by atoms with Crippen LogP contribution in [-0.4, -0.2) is 45.3 Å². The van der Waals surface area contributed by atoms with E-state index in [1.54, 1.807) is 0 Å². The molecular formula is C16H19NO4S.